The molecule has 1 aliphatic carbocycles. The van der Waals surface area contributed by atoms with Gasteiger partial charge in [0.15, 0.2) is 0 Å². The van der Waals surface area contributed by atoms with Gasteiger partial charge in [-0.05, 0) is 42.7 Å². The summed E-state index contributed by atoms with van der Waals surface area (Å²) in [4.78, 5) is 11.7. The topological polar surface area (TPSA) is 62.4 Å². The normalized spacial score (nSPS) is 14.8. The maximum atomic E-state index is 5.54. The maximum absolute atomic E-state index is 5.54. The van der Waals surface area contributed by atoms with Gasteiger partial charge in [0.05, 0.1) is 37.3 Å². The van der Waals surface area contributed by atoms with Crippen LogP contribution in [0.1, 0.15) is 42.6 Å². The molecule has 0 atom stereocenters. The monoisotopic (exact) mass is 377 g/mol. The number of hydrogen-bond donors (Lipinski definition) is 2. The van der Waals surface area contributed by atoms with Crippen LogP contribution in [0.25, 0.3) is 11.4 Å². The van der Waals surface area contributed by atoms with Crippen molar-refractivity contribution in [3.63, 3.8) is 0 Å². The largest absolute Gasteiger partial charge is 0.497 e. The first-order valence-electron chi connectivity index (χ1n) is 9.86. The van der Waals surface area contributed by atoms with Gasteiger partial charge in [-0.25, -0.2) is 0 Å². The Labute approximate surface area is 165 Å². The summed E-state index contributed by atoms with van der Waals surface area (Å²) in [6.45, 7) is 0. The molecule has 1 saturated carbocycles. The molecule has 0 spiro atoms. The lowest BCUT2D eigenvalue weighted by Gasteiger charge is -2.02. The summed E-state index contributed by atoms with van der Waals surface area (Å²) in [5, 5.41) is 0. The summed E-state index contributed by atoms with van der Waals surface area (Å²) >= 11 is 0. The Balaban J connectivity index is 1.49. The Morgan fingerprint density at radius 2 is 1.75 bits per heavy atom. The van der Waals surface area contributed by atoms with Gasteiger partial charge in [0.1, 0.15) is 11.5 Å². The Morgan fingerprint density at radius 3 is 2.46 bits per heavy atom. The van der Waals surface area contributed by atoms with Crippen molar-refractivity contribution in [2.75, 3.05) is 14.2 Å². The van der Waals surface area contributed by atoms with E-state index in [0.717, 1.165) is 40.7 Å². The molecule has 1 fully saturated rings. The van der Waals surface area contributed by atoms with E-state index >= 15 is 0 Å². The maximum Gasteiger partial charge on any atom is 0.146 e. The number of nitrogens with one attached hydrogen (secondary N) is 2. The van der Waals surface area contributed by atoms with E-state index in [4.69, 9.17) is 14.5 Å². The standard InChI is InChI=1S/C23H27N3O2/c1-27-19-10-7-16(8-11-19)13-18-9-12-20(25-18)21-14-23(28-2)22(26-21)15-24-17-5-3-4-6-17/h7-12,14-15,17,25-26H,3-6,13H2,1-2H3. The minimum absolute atomic E-state index is 0.457. The number of aliphatic imine (C=N–C) groups is 1. The fraction of sp³-hybridized carbons (Fsp3) is 0.348. The van der Waals surface area contributed by atoms with E-state index in [1.807, 2.05) is 24.4 Å². The van der Waals surface area contributed by atoms with E-state index in [1.54, 1.807) is 14.2 Å². The van der Waals surface area contributed by atoms with E-state index < -0.39 is 0 Å². The molecule has 3 aromatic rings. The van der Waals surface area contributed by atoms with E-state index in [2.05, 4.69) is 34.2 Å². The molecule has 2 N–H and O–H groups in total. The Hall–Kier alpha value is -2.95. The van der Waals surface area contributed by atoms with Crippen LogP contribution < -0.4 is 9.47 Å². The van der Waals surface area contributed by atoms with Gasteiger partial charge < -0.3 is 19.4 Å². The van der Waals surface area contributed by atoms with Crippen LogP contribution in [-0.4, -0.2) is 36.4 Å². The van der Waals surface area contributed by atoms with Crippen LogP contribution in [0.4, 0.5) is 0 Å². The second kappa shape index (κ2) is 8.38. The zero-order chi connectivity index (χ0) is 19.3. The molecule has 0 amide bonds. The predicted molar refractivity (Wildman–Crippen MR) is 113 cm³/mol. The second-order valence-electron chi connectivity index (χ2n) is 7.30. The van der Waals surface area contributed by atoms with Crippen LogP contribution in [0.5, 0.6) is 11.5 Å². The van der Waals surface area contributed by atoms with E-state index in [1.165, 1.54) is 31.2 Å². The minimum atomic E-state index is 0.457. The molecular formula is C23H27N3O2. The van der Waals surface area contributed by atoms with Crippen LogP contribution in [0.3, 0.4) is 0 Å². The third-order valence-electron chi connectivity index (χ3n) is 5.36. The third kappa shape index (κ3) is 4.14. The number of benzene rings is 1. The third-order valence-corrected chi connectivity index (χ3v) is 5.36. The lowest BCUT2D eigenvalue weighted by molar-refractivity contribution is 0.414. The van der Waals surface area contributed by atoms with Gasteiger partial charge in [-0.1, -0.05) is 25.0 Å². The number of hydrogen-bond acceptors (Lipinski definition) is 3. The summed E-state index contributed by atoms with van der Waals surface area (Å²) < 4.78 is 10.8. The molecule has 0 saturated heterocycles. The zero-order valence-electron chi connectivity index (χ0n) is 16.5. The van der Waals surface area contributed by atoms with Gasteiger partial charge >= 0.3 is 0 Å². The molecule has 5 heteroatoms. The molecule has 1 aliphatic rings. The van der Waals surface area contributed by atoms with Crippen LogP contribution in [0, 0.1) is 0 Å². The van der Waals surface area contributed by atoms with Gasteiger partial charge in [-0.15, -0.1) is 0 Å². The quantitative estimate of drug-likeness (QED) is 0.571. The first-order chi connectivity index (χ1) is 13.7. The Kier molecular flexibility index (Phi) is 5.51. The highest BCUT2D eigenvalue weighted by molar-refractivity contribution is 5.83. The van der Waals surface area contributed by atoms with Gasteiger partial charge in [-0.2, -0.15) is 0 Å². The average Bonchev–Trinajstić information content (AvgIpc) is 3.47. The van der Waals surface area contributed by atoms with Crippen molar-refractivity contribution in [3.05, 3.63) is 59.4 Å². The summed E-state index contributed by atoms with van der Waals surface area (Å²) in [6.07, 6.45) is 7.73. The first kappa shape index (κ1) is 18.4. The lowest BCUT2D eigenvalue weighted by atomic mass is 10.1. The SMILES string of the molecule is COc1ccc(Cc2ccc(-c3cc(OC)c(C=NC4CCCC4)[nH]3)[nH]2)cc1. The van der Waals surface area contributed by atoms with Gasteiger partial charge in [0, 0.05) is 24.4 Å². The van der Waals surface area contributed by atoms with Crippen LogP contribution in [-0.2, 0) is 6.42 Å². The van der Waals surface area contributed by atoms with Crippen molar-refractivity contribution in [2.24, 2.45) is 4.99 Å². The zero-order valence-corrected chi connectivity index (χ0v) is 16.5. The lowest BCUT2D eigenvalue weighted by Crippen LogP contribution is -1.97. The van der Waals surface area contributed by atoms with Gasteiger partial charge in [0.25, 0.3) is 0 Å². The summed E-state index contributed by atoms with van der Waals surface area (Å²) in [6, 6.07) is 14.9. The van der Waals surface area contributed by atoms with Gasteiger partial charge in [0.2, 0.25) is 0 Å². The number of H-pyrrole nitrogens is 2. The minimum Gasteiger partial charge on any atom is -0.497 e. The number of aromatic amines is 2. The molecular weight excluding hydrogens is 350 g/mol. The highest BCUT2D eigenvalue weighted by Gasteiger charge is 2.14. The van der Waals surface area contributed by atoms with Crippen LogP contribution in [0.2, 0.25) is 0 Å². The highest BCUT2D eigenvalue weighted by Crippen LogP contribution is 2.27. The first-order valence-corrected chi connectivity index (χ1v) is 9.86. The fourth-order valence-corrected chi connectivity index (χ4v) is 3.76. The molecule has 0 bridgehead atoms. The molecule has 146 valence electrons. The Bertz CT molecular complexity index is 931. The summed E-state index contributed by atoms with van der Waals surface area (Å²) in [7, 11) is 3.38. The molecule has 4 rings (SSSR count). The molecule has 0 unspecified atom stereocenters. The molecule has 0 aliphatic heterocycles. The van der Waals surface area contributed by atoms with E-state index in [0.29, 0.717) is 6.04 Å². The van der Waals surface area contributed by atoms with Crippen molar-refractivity contribution in [2.45, 2.75) is 38.1 Å². The van der Waals surface area contributed by atoms with Crippen molar-refractivity contribution in [1.82, 2.24) is 9.97 Å². The van der Waals surface area contributed by atoms with Crippen molar-refractivity contribution in [1.29, 1.82) is 0 Å². The molecule has 5 nitrogen and oxygen atoms in total. The molecule has 2 heterocycles. The van der Waals surface area contributed by atoms with E-state index in [-0.39, 0.29) is 0 Å². The van der Waals surface area contributed by atoms with Crippen LogP contribution in [0.15, 0.2) is 47.5 Å². The number of ether oxygens (including phenoxy) is 2. The highest BCUT2D eigenvalue weighted by atomic mass is 16.5. The second-order valence-corrected chi connectivity index (χ2v) is 7.30. The predicted octanol–water partition coefficient (Wildman–Crippen LogP) is 4.98. The van der Waals surface area contributed by atoms with Crippen molar-refractivity contribution in [3.8, 4) is 22.9 Å². The number of rotatable bonds is 7. The fourth-order valence-electron chi connectivity index (χ4n) is 3.76. The van der Waals surface area contributed by atoms with Crippen LogP contribution >= 0.6 is 0 Å². The van der Waals surface area contributed by atoms with E-state index in [9.17, 15) is 0 Å². The molecule has 0 radical (unpaired) electrons. The number of nitrogens with zero attached hydrogens (tertiary/aromatic N) is 1. The number of methoxy groups -OCH3 is 2. The smallest absolute Gasteiger partial charge is 0.146 e. The average molecular weight is 377 g/mol. The Morgan fingerprint density at radius 1 is 0.964 bits per heavy atom. The molecule has 28 heavy (non-hydrogen) atoms. The van der Waals surface area contributed by atoms with Crippen molar-refractivity contribution >= 4 is 6.21 Å². The van der Waals surface area contributed by atoms with Gasteiger partial charge in [-0.3, -0.25) is 4.99 Å². The summed E-state index contributed by atoms with van der Waals surface area (Å²) in [5.74, 6) is 1.70. The number of aromatic nitrogens is 2. The van der Waals surface area contributed by atoms with Crippen molar-refractivity contribution < 1.29 is 9.47 Å². The molecule has 2 aromatic heterocycles. The molecule has 1 aromatic carbocycles. The summed E-state index contributed by atoms with van der Waals surface area (Å²) in [5.41, 5.74) is 5.38.